The molecule has 0 saturated carbocycles. The van der Waals surface area contributed by atoms with Gasteiger partial charge in [-0.1, -0.05) is 12.1 Å². The van der Waals surface area contributed by atoms with Crippen molar-refractivity contribution in [3.05, 3.63) is 52.3 Å². The number of carbonyl (C=O) groups excluding carboxylic acids is 3. The molecular weight excluding hydrogens is 440 g/mol. The van der Waals surface area contributed by atoms with Gasteiger partial charge in [0.2, 0.25) is 10.0 Å². The molecule has 3 N–H and O–H groups in total. The van der Waals surface area contributed by atoms with Gasteiger partial charge in [-0.25, -0.2) is 8.42 Å². The van der Waals surface area contributed by atoms with Gasteiger partial charge in [0.05, 0.1) is 11.4 Å². The summed E-state index contributed by atoms with van der Waals surface area (Å²) in [5, 5.41) is 0. The zero-order valence-electron chi connectivity index (χ0n) is 14.4. The lowest BCUT2D eigenvalue weighted by Gasteiger charge is -2.17. The third-order valence-corrected chi connectivity index (χ3v) is 5.82. The van der Waals surface area contributed by atoms with Crippen LogP contribution < -0.4 is 10.9 Å². The maximum Gasteiger partial charge on any atom is 0.286 e. The largest absolute Gasteiger partial charge is 0.356 e. The molecular formula is C16H17BrN4O5S. The lowest BCUT2D eigenvalue weighted by molar-refractivity contribution is -0.121. The number of aromatic nitrogens is 1. The molecule has 144 valence electrons. The van der Waals surface area contributed by atoms with Crippen LogP contribution >= 0.6 is 15.9 Å². The Morgan fingerprint density at radius 3 is 2.30 bits per heavy atom. The van der Waals surface area contributed by atoms with E-state index in [-0.39, 0.29) is 16.4 Å². The first-order chi connectivity index (χ1) is 12.6. The summed E-state index contributed by atoms with van der Waals surface area (Å²) in [4.78, 5) is 37.6. The minimum absolute atomic E-state index is 0.0527. The number of nitrogens with one attached hydrogen (secondary N) is 3. The second-order valence-corrected chi connectivity index (χ2v) is 8.54. The monoisotopic (exact) mass is 456 g/mol. The van der Waals surface area contributed by atoms with E-state index in [1.54, 1.807) is 6.20 Å². The van der Waals surface area contributed by atoms with Gasteiger partial charge in [0.1, 0.15) is 5.69 Å². The standard InChI is InChI=1S/C16H17BrN4O5S/c1-10(22)11-3-5-13(6-4-11)27(25,26)21(2)9-15(23)19-20-16(24)14-7-12(17)8-18-14/h3-8,18H,9H2,1-2H3,(H,19,23)(H,20,24). The quantitative estimate of drug-likeness (QED) is 0.442. The van der Waals surface area contributed by atoms with E-state index in [0.717, 1.165) is 4.31 Å². The van der Waals surface area contributed by atoms with Crippen LogP contribution in [0.15, 0.2) is 45.9 Å². The van der Waals surface area contributed by atoms with E-state index < -0.39 is 28.4 Å². The van der Waals surface area contributed by atoms with Crippen molar-refractivity contribution in [2.75, 3.05) is 13.6 Å². The third kappa shape index (κ3) is 5.25. The molecule has 0 aliphatic rings. The number of halogens is 1. The van der Waals surface area contributed by atoms with Crippen molar-refractivity contribution in [3.63, 3.8) is 0 Å². The molecule has 0 spiro atoms. The third-order valence-electron chi connectivity index (χ3n) is 3.54. The van der Waals surface area contributed by atoms with Crippen LogP contribution in [0, 0.1) is 0 Å². The first kappa shape index (κ1) is 20.8. The second kappa shape index (κ2) is 8.46. The van der Waals surface area contributed by atoms with Crippen LogP contribution in [-0.4, -0.2) is 48.9 Å². The molecule has 0 bridgehead atoms. The van der Waals surface area contributed by atoms with Gasteiger partial charge in [-0.2, -0.15) is 4.31 Å². The normalized spacial score (nSPS) is 11.3. The maximum atomic E-state index is 12.5. The maximum absolute atomic E-state index is 12.5. The molecule has 0 fully saturated rings. The summed E-state index contributed by atoms with van der Waals surface area (Å²) < 4.78 is 26.5. The number of amides is 2. The minimum Gasteiger partial charge on any atom is -0.356 e. The molecule has 2 amide bonds. The van der Waals surface area contributed by atoms with Crippen molar-refractivity contribution in [2.45, 2.75) is 11.8 Å². The number of rotatable bonds is 6. The zero-order valence-corrected chi connectivity index (χ0v) is 16.8. The van der Waals surface area contributed by atoms with Gasteiger partial charge in [0, 0.05) is 23.3 Å². The molecule has 11 heteroatoms. The number of carbonyl (C=O) groups is 3. The van der Waals surface area contributed by atoms with Crippen molar-refractivity contribution in [1.29, 1.82) is 0 Å². The Kier molecular flexibility index (Phi) is 6.52. The highest BCUT2D eigenvalue weighted by atomic mass is 79.9. The van der Waals surface area contributed by atoms with E-state index in [0.29, 0.717) is 10.0 Å². The zero-order chi connectivity index (χ0) is 20.2. The van der Waals surface area contributed by atoms with E-state index in [1.807, 2.05) is 0 Å². The number of sulfonamides is 1. The summed E-state index contributed by atoms with van der Waals surface area (Å²) in [7, 11) is -2.69. The topological polar surface area (TPSA) is 128 Å². The second-order valence-electron chi connectivity index (χ2n) is 5.58. The van der Waals surface area contributed by atoms with Crippen molar-refractivity contribution in [2.24, 2.45) is 0 Å². The lowest BCUT2D eigenvalue weighted by Crippen LogP contribution is -2.46. The molecule has 0 saturated heterocycles. The van der Waals surface area contributed by atoms with Gasteiger partial charge in [0.15, 0.2) is 5.78 Å². The number of hydrogen-bond donors (Lipinski definition) is 3. The Morgan fingerprint density at radius 2 is 1.78 bits per heavy atom. The molecule has 9 nitrogen and oxygen atoms in total. The van der Waals surface area contributed by atoms with Gasteiger partial charge in [-0.05, 0) is 41.1 Å². The average Bonchev–Trinajstić information content (AvgIpc) is 3.06. The number of hydrogen-bond acceptors (Lipinski definition) is 5. The number of Topliss-reactive ketones (excluding diaryl/α,β-unsaturated/α-hetero) is 1. The average molecular weight is 457 g/mol. The van der Waals surface area contributed by atoms with Crippen molar-refractivity contribution < 1.29 is 22.8 Å². The summed E-state index contributed by atoms with van der Waals surface area (Å²) in [6.45, 7) is 0.867. The number of aromatic amines is 1. The molecule has 0 radical (unpaired) electrons. The van der Waals surface area contributed by atoms with Gasteiger partial charge in [-0.3, -0.25) is 25.2 Å². The van der Waals surface area contributed by atoms with Crippen LogP contribution in [0.2, 0.25) is 0 Å². The van der Waals surface area contributed by atoms with Gasteiger partial charge < -0.3 is 4.98 Å². The molecule has 1 aromatic carbocycles. The fourth-order valence-corrected chi connectivity index (χ4v) is 3.53. The fraction of sp³-hybridized carbons (Fsp3) is 0.188. The van der Waals surface area contributed by atoms with E-state index in [1.165, 1.54) is 44.3 Å². The van der Waals surface area contributed by atoms with Crippen LogP contribution in [0.3, 0.4) is 0 Å². The molecule has 0 aliphatic heterocycles. The highest BCUT2D eigenvalue weighted by molar-refractivity contribution is 9.10. The number of hydrazine groups is 1. The van der Waals surface area contributed by atoms with Crippen molar-refractivity contribution in [3.8, 4) is 0 Å². The Morgan fingerprint density at radius 1 is 1.15 bits per heavy atom. The first-order valence-corrected chi connectivity index (χ1v) is 9.85. The number of ketones is 1. The molecule has 1 heterocycles. The van der Waals surface area contributed by atoms with Crippen LogP contribution in [-0.2, 0) is 14.8 Å². The summed E-state index contributed by atoms with van der Waals surface area (Å²) in [6.07, 6.45) is 1.55. The summed E-state index contributed by atoms with van der Waals surface area (Å²) in [6, 6.07) is 6.91. The molecule has 1 aromatic heterocycles. The SMILES string of the molecule is CC(=O)c1ccc(S(=O)(=O)N(C)CC(=O)NNC(=O)c2cc(Br)c[nH]2)cc1. The summed E-state index contributed by atoms with van der Waals surface area (Å²) >= 11 is 3.18. The lowest BCUT2D eigenvalue weighted by atomic mass is 10.2. The number of nitrogens with zero attached hydrogens (tertiary/aromatic N) is 1. The molecule has 2 rings (SSSR count). The van der Waals surface area contributed by atoms with E-state index in [2.05, 4.69) is 31.8 Å². The number of likely N-dealkylation sites (N-methyl/N-ethyl adjacent to an activating group) is 1. The Bertz CT molecular complexity index is 969. The Labute approximate surface area is 164 Å². The molecule has 2 aromatic rings. The van der Waals surface area contributed by atoms with E-state index >= 15 is 0 Å². The van der Waals surface area contributed by atoms with Crippen LogP contribution in [0.25, 0.3) is 0 Å². The summed E-state index contributed by atoms with van der Waals surface area (Å²) in [5.41, 5.74) is 4.92. The van der Waals surface area contributed by atoms with Crippen LogP contribution in [0.5, 0.6) is 0 Å². The highest BCUT2D eigenvalue weighted by Crippen LogP contribution is 2.15. The van der Waals surface area contributed by atoms with Gasteiger partial charge in [-0.15, -0.1) is 0 Å². The van der Waals surface area contributed by atoms with E-state index in [9.17, 15) is 22.8 Å². The van der Waals surface area contributed by atoms with Gasteiger partial charge in [0.25, 0.3) is 11.8 Å². The molecule has 27 heavy (non-hydrogen) atoms. The predicted octanol–water partition coefficient (Wildman–Crippen LogP) is 1.06. The Hall–Kier alpha value is -2.50. The molecule has 0 aliphatic carbocycles. The van der Waals surface area contributed by atoms with E-state index in [4.69, 9.17) is 0 Å². The summed E-state index contributed by atoms with van der Waals surface area (Å²) in [5.74, 6) is -1.49. The van der Waals surface area contributed by atoms with Gasteiger partial charge >= 0.3 is 0 Å². The number of H-pyrrole nitrogens is 1. The highest BCUT2D eigenvalue weighted by Gasteiger charge is 2.23. The smallest absolute Gasteiger partial charge is 0.286 e. The van der Waals surface area contributed by atoms with Crippen LogP contribution in [0.4, 0.5) is 0 Å². The predicted molar refractivity (Wildman–Crippen MR) is 100 cm³/mol. The number of benzene rings is 1. The van der Waals surface area contributed by atoms with Crippen molar-refractivity contribution in [1.82, 2.24) is 20.1 Å². The fourth-order valence-electron chi connectivity index (χ4n) is 2.06. The Balaban J connectivity index is 1.96. The minimum atomic E-state index is -3.93. The van der Waals surface area contributed by atoms with Crippen LogP contribution in [0.1, 0.15) is 27.8 Å². The molecule has 0 atom stereocenters. The first-order valence-electron chi connectivity index (χ1n) is 7.61. The van der Waals surface area contributed by atoms with Crippen molar-refractivity contribution >= 4 is 43.6 Å². The molecule has 0 unspecified atom stereocenters.